The van der Waals surface area contributed by atoms with Gasteiger partial charge in [0.1, 0.15) is 0 Å². The quantitative estimate of drug-likeness (QED) is 0.497. The van der Waals surface area contributed by atoms with Crippen molar-refractivity contribution in [2.45, 2.75) is 6.42 Å². The van der Waals surface area contributed by atoms with E-state index in [4.69, 9.17) is 0 Å². The number of hydrogen-bond donors (Lipinski definition) is 2. The number of H-pyrrole nitrogens is 1. The largest absolute Gasteiger partial charge is 0.355 e. The van der Waals surface area contributed by atoms with E-state index in [0.717, 1.165) is 29.1 Å². The Morgan fingerprint density at radius 3 is 2.58 bits per heavy atom. The summed E-state index contributed by atoms with van der Waals surface area (Å²) >= 11 is 1.82. The molecule has 0 bridgehead atoms. The number of rotatable bonds is 3. The first-order valence-electron chi connectivity index (χ1n) is 7.80. The van der Waals surface area contributed by atoms with Crippen molar-refractivity contribution in [2.24, 2.45) is 0 Å². The van der Waals surface area contributed by atoms with Crippen LogP contribution in [-0.4, -0.2) is 15.2 Å². The van der Waals surface area contributed by atoms with Crippen LogP contribution in [0, 0.1) is 0 Å². The van der Waals surface area contributed by atoms with Crippen LogP contribution < -0.4 is 5.32 Å². The molecule has 4 aromatic rings. The minimum Gasteiger partial charge on any atom is -0.355 e. The van der Waals surface area contributed by atoms with E-state index in [0.29, 0.717) is 0 Å². The summed E-state index contributed by atoms with van der Waals surface area (Å²) in [5.74, 6) is 0. The van der Waals surface area contributed by atoms with Gasteiger partial charge < -0.3 is 5.32 Å². The van der Waals surface area contributed by atoms with E-state index < -0.39 is 0 Å². The van der Waals surface area contributed by atoms with E-state index >= 15 is 0 Å². The van der Waals surface area contributed by atoms with E-state index in [2.05, 4.69) is 56.2 Å². The molecule has 0 radical (unpaired) electrons. The van der Waals surface area contributed by atoms with E-state index in [1.165, 1.54) is 21.7 Å². The lowest BCUT2D eigenvalue weighted by Crippen LogP contribution is -1.91. The number of aromatic amines is 1. The van der Waals surface area contributed by atoms with E-state index in [-0.39, 0.29) is 0 Å². The van der Waals surface area contributed by atoms with Gasteiger partial charge in [0.05, 0.1) is 11.4 Å². The topological polar surface area (TPSA) is 53.6 Å². The predicted octanol–water partition coefficient (Wildman–Crippen LogP) is 4.85. The molecule has 5 heteroatoms. The monoisotopic (exact) mass is 330 g/mol. The van der Waals surface area contributed by atoms with Gasteiger partial charge in [0, 0.05) is 51.8 Å². The number of benzene rings is 1. The lowest BCUT2D eigenvalue weighted by molar-refractivity contribution is 1.10. The summed E-state index contributed by atoms with van der Waals surface area (Å²) in [6, 6.07) is 14.5. The highest BCUT2D eigenvalue weighted by Gasteiger charge is 2.25. The molecule has 2 N–H and O–H groups in total. The van der Waals surface area contributed by atoms with Gasteiger partial charge in [-0.1, -0.05) is 12.1 Å². The number of nitrogens with zero attached hydrogens (tertiary/aromatic N) is 2. The van der Waals surface area contributed by atoms with Crippen LogP contribution in [0.15, 0.2) is 60.2 Å². The SMILES string of the molecule is c1cc(Nc2ccc(-c3n[nH]c4c3Cc3sccc3-4)cc2)ccn1. The number of pyridine rings is 1. The normalized spacial score (nSPS) is 12.0. The third-order valence-corrected chi connectivity index (χ3v) is 5.27. The maximum atomic E-state index is 4.55. The van der Waals surface area contributed by atoms with Crippen LogP contribution in [0.2, 0.25) is 0 Å². The molecule has 4 nitrogen and oxygen atoms in total. The van der Waals surface area contributed by atoms with Crippen molar-refractivity contribution in [2.75, 3.05) is 5.32 Å². The van der Waals surface area contributed by atoms with Gasteiger partial charge in [0.2, 0.25) is 0 Å². The first-order valence-corrected chi connectivity index (χ1v) is 8.68. The van der Waals surface area contributed by atoms with Crippen molar-refractivity contribution in [3.8, 4) is 22.5 Å². The third kappa shape index (κ3) is 2.13. The minimum atomic E-state index is 0.977. The van der Waals surface area contributed by atoms with Crippen LogP contribution >= 0.6 is 11.3 Å². The molecule has 3 aromatic heterocycles. The minimum absolute atomic E-state index is 0.977. The average molecular weight is 330 g/mol. The Hall–Kier alpha value is -2.92. The molecule has 0 atom stereocenters. The fraction of sp³-hybridized carbons (Fsp3) is 0.0526. The zero-order valence-electron chi connectivity index (χ0n) is 12.8. The first-order chi connectivity index (χ1) is 11.9. The van der Waals surface area contributed by atoms with Crippen molar-refractivity contribution in [1.82, 2.24) is 15.2 Å². The number of fused-ring (bicyclic) bond motifs is 3. The molecule has 0 saturated heterocycles. The second kappa shape index (κ2) is 5.32. The predicted molar refractivity (Wildman–Crippen MR) is 97.7 cm³/mol. The van der Waals surface area contributed by atoms with Gasteiger partial charge in [-0.15, -0.1) is 11.3 Å². The second-order valence-electron chi connectivity index (χ2n) is 5.80. The number of aromatic nitrogens is 3. The van der Waals surface area contributed by atoms with Gasteiger partial charge in [0.15, 0.2) is 0 Å². The molecule has 1 aromatic carbocycles. The van der Waals surface area contributed by atoms with E-state index in [9.17, 15) is 0 Å². The molecular weight excluding hydrogens is 316 g/mol. The smallest absolute Gasteiger partial charge is 0.0962 e. The molecule has 3 heterocycles. The van der Waals surface area contributed by atoms with Gasteiger partial charge in [-0.05, 0) is 35.7 Å². The summed E-state index contributed by atoms with van der Waals surface area (Å²) in [7, 11) is 0. The summed E-state index contributed by atoms with van der Waals surface area (Å²) in [6.45, 7) is 0. The molecule has 0 fully saturated rings. The van der Waals surface area contributed by atoms with Crippen molar-refractivity contribution in [3.05, 3.63) is 70.7 Å². The molecule has 0 saturated carbocycles. The number of anilines is 2. The Labute approximate surface area is 143 Å². The molecule has 0 amide bonds. The average Bonchev–Trinajstić information content (AvgIpc) is 3.29. The lowest BCUT2D eigenvalue weighted by Gasteiger charge is -2.07. The maximum Gasteiger partial charge on any atom is 0.0962 e. The maximum absolute atomic E-state index is 4.55. The number of nitrogens with one attached hydrogen (secondary N) is 2. The van der Waals surface area contributed by atoms with Crippen LogP contribution in [0.3, 0.4) is 0 Å². The van der Waals surface area contributed by atoms with Gasteiger partial charge in [-0.2, -0.15) is 5.10 Å². The molecule has 1 aliphatic carbocycles. The first kappa shape index (κ1) is 13.5. The molecule has 0 spiro atoms. The fourth-order valence-corrected chi connectivity index (χ4v) is 4.07. The molecule has 0 unspecified atom stereocenters. The highest BCUT2D eigenvalue weighted by Crippen LogP contribution is 2.42. The van der Waals surface area contributed by atoms with Gasteiger partial charge >= 0.3 is 0 Å². The van der Waals surface area contributed by atoms with Gasteiger partial charge in [-0.3, -0.25) is 10.1 Å². The summed E-state index contributed by atoms with van der Waals surface area (Å²) < 4.78 is 0. The number of thiophene rings is 1. The fourth-order valence-electron chi connectivity index (χ4n) is 3.17. The summed E-state index contributed by atoms with van der Waals surface area (Å²) in [5.41, 5.74) is 8.09. The Bertz CT molecular complexity index is 1000. The summed E-state index contributed by atoms with van der Waals surface area (Å²) in [4.78, 5) is 5.46. The molecule has 0 aliphatic heterocycles. The highest BCUT2D eigenvalue weighted by molar-refractivity contribution is 7.10. The second-order valence-corrected chi connectivity index (χ2v) is 6.80. The van der Waals surface area contributed by atoms with Crippen LogP contribution in [0.5, 0.6) is 0 Å². The highest BCUT2D eigenvalue weighted by atomic mass is 32.1. The zero-order chi connectivity index (χ0) is 15.9. The molecule has 1 aliphatic rings. The Morgan fingerprint density at radius 1 is 0.958 bits per heavy atom. The molecule has 24 heavy (non-hydrogen) atoms. The lowest BCUT2D eigenvalue weighted by atomic mass is 10.1. The Morgan fingerprint density at radius 2 is 1.75 bits per heavy atom. The van der Waals surface area contributed by atoms with Crippen LogP contribution in [0.25, 0.3) is 22.5 Å². The van der Waals surface area contributed by atoms with E-state index in [1.54, 1.807) is 12.4 Å². The van der Waals surface area contributed by atoms with Crippen LogP contribution in [-0.2, 0) is 6.42 Å². The van der Waals surface area contributed by atoms with Crippen molar-refractivity contribution < 1.29 is 0 Å². The zero-order valence-corrected chi connectivity index (χ0v) is 13.6. The van der Waals surface area contributed by atoms with Gasteiger partial charge in [0.25, 0.3) is 0 Å². The van der Waals surface area contributed by atoms with Crippen LogP contribution in [0.4, 0.5) is 11.4 Å². The molecule has 5 rings (SSSR count). The summed E-state index contributed by atoms with van der Waals surface area (Å²) in [6.07, 6.45) is 4.54. The van der Waals surface area contributed by atoms with E-state index in [1.807, 2.05) is 23.5 Å². The van der Waals surface area contributed by atoms with Crippen LogP contribution in [0.1, 0.15) is 10.4 Å². The summed E-state index contributed by atoms with van der Waals surface area (Å²) in [5, 5.41) is 13.3. The molecular formula is C19H14N4S. The molecule has 116 valence electrons. The van der Waals surface area contributed by atoms with Crippen molar-refractivity contribution >= 4 is 22.7 Å². The standard InChI is InChI=1S/C19H14N4S/c1-3-13(21-14-5-8-20-9-6-14)4-2-12(1)18-16-11-17-15(7-10-24-17)19(16)23-22-18/h1-10H,11H2,(H,20,21)(H,22,23). The Kier molecular flexibility index (Phi) is 2.99. The Balaban J connectivity index is 1.44. The third-order valence-electron chi connectivity index (χ3n) is 4.35. The number of hydrogen-bond acceptors (Lipinski definition) is 4. The van der Waals surface area contributed by atoms with Gasteiger partial charge in [-0.25, -0.2) is 0 Å². The van der Waals surface area contributed by atoms with Crippen molar-refractivity contribution in [1.29, 1.82) is 0 Å². The van der Waals surface area contributed by atoms with Crippen molar-refractivity contribution in [3.63, 3.8) is 0 Å².